The molecule has 3 N–H and O–H groups in total. The molecule has 3 amide bonds. The van der Waals surface area contributed by atoms with Crippen LogP contribution in [0.25, 0.3) is 0 Å². The number of carbonyl (C=O) groups is 4. The highest BCUT2D eigenvalue weighted by Crippen LogP contribution is 2.46. The molecule has 3 rings (SSSR count). The van der Waals surface area contributed by atoms with Gasteiger partial charge in [-0.1, -0.05) is 30.3 Å². The third kappa shape index (κ3) is 6.54. The second-order valence-corrected chi connectivity index (χ2v) is 10.5. The number of carbonyl (C=O) groups excluding carboxylic acids is 3. The number of amides is 3. The van der Waals surface area contributed by atoms with Gasteiger partial charge in [-0.05, 0) is 51.5 Å². The van der Waals surface area contributed by atoms with Crippen molar-refractivity contribution < 1.29 is 33.4 Å². The van der Waals surface area contributed by atoms with Crippen molar-refractivity contribution in [3.05, 3.63) is 65.5 Å². The normalized spacial score (nSPS) is 19.5. The van der Waals surface area contributed by atoms with Crippen LogP contribution in [0.15, 0.2) is 48.5 Å². The average molecular weight is 518 g/mol. The predicted molar refractivity (Wildman–Crippen MR) is 133 cm³/mol. The van der Waals surface area contributed by atoms with E-state index in [1.807, 2.05) is 13.0 Å². The summed E-state index contributed by atoms with van der Waals surface area (Å²) in [6.07, 6.45) is 0. The molecule has 1 aliphatic rings. The van der Waals surface area contributed by atoms with Crippen LogP contribution in [0.2, 0.25) is 0 Å². The summed E-state index contributed by atoms with van der Waals surface area (Å²) in [4.78, 5) is 51.8. The van der Waals surface area contributed by atoms with Gasteiger partial charge in [0, 0.05) is 11.3 Å². The molecule has 1 heterocycles. The number of esters is 1. The number of hydrogen-bond donors (Lipinski definition) is 3. The molecule has 0 bridgehead atoms. The summed E-state index contributed by atoms with van der Waals surface area (Å²) in [6.45, 7) is 6.20. The Kier molecular flexibility index (Phi) is 8.24. The van der Waals surface area contributed by atoms with Crippen LogP contribution in [-0.4, -0.2) is 56.7 Å². The van der Waals surface area contributed by atoms with E-state index in [9.17, 15) is 28.7 Å². The number of nitrogens with one attached hydrogen (secondary N) is 2. The van der Waals surface area contributed by atoms with Crippen molar-refractivity contribution in [2.75, 3.05) is 11.9 Å². The summed E-state index contributed by atoms with van der Waals surface area (Å²) in [6, 6.07) is 10.5. The number of thioether (sulfide) groups is 1. The van der Waals surface area contributed by atoms with Crippen molar-refractivity contribution in [2.24, 2.45) is 0 Å². The van der Waals surface area contributed by atoms with E-state index in [4.69, 9.17) is 4.74 Å². The fourth-order valence-electron chi connectivity index (χ4n) is 3.74. The highest BCUT2D eigenvalue weighted by atomic mass is 32.2. The lowest BCUT2D eigenvalue weighted by Crippen LogP contribution is -2.48. The third-order valence-corrected chi connectivity index (χ3v) is 6.58. The largest absolute Gasteiger partial charge is 0.480 e. The zero-order valence-corrected chi connectivity index (χ0v) is 21.1. The minimum absolute atomic E-state index is 0.0546. The van der Waals surface area contributed by atoms with Crippen LogP contribution in [0.1, 0.15) is 37.9 Å². The summed E-state index contributed by atoms with van der Waals surface area (Å²) in [5.74, 6) is -3.64. The van der Waals surface area contributed by atoms with Gasteiger partial charge >= 0.3 is 18.0 Å². The van der Waals surface area contributed by atoms with Gasteiger partial charge in [-0.3, -0.25) is 9.59 Å². The highest BCUT2D eigenvalue weighted by molar-refractivity contribution is 8.02. The molecule has 0 aromatic heterocycles. The summed E-state index contributed by atoms with van der Waals surface area (Å²) in [5.41, 5.74) is 0.470. The second-order valence-electron chi connectivity index (χ2n) is 9.23. The van der Waals surface area contributed by atoms with Gasteiger partial charge in [0.15, 0.2) is 5.37 Å². The quantitative estimate of drug-likeness (QED) is 0.499. The molecule has 192 valence electrons. The molecular weight excluding hydrogens is 489 g/mol. The number of ether oxygens (including phenoxy) is 1. The number of hydrogen-bond acceptors (Lipinski definition) is 6. The van der Waals surface area contributed by atoms with E-state index >= 15 is 0 Å². The van der Waals surface area contributed by atoms with Crippen LogP contribution in [0, 0.1) is 12.7 Å². The highest BCUT2D eigenvalue weighted by Gasteiger charge is 2.53. The molecule has 0 aliphatic carbocycles. The lowest BCUT2D eigenvalue weighted by atomic mass is 10.0. The number of halogens is 1. The molecule has 2 aromatic rings. The molecule has 36 heavy (non-hydrogen) atoms. The molecule has 1 aliphatic heterocycles. The lowest BCUT2D eigenvalue weighted by Gasteiger charge is -2.31. The molecular formula is C25H28FN3O6S. The van der Waals surface area contributed by atoms with Crippen molar-refractivity contribution in [1.82, 2.24) is 10.2 Å². The Bertz CT molecular complexity index is 1170. The number of benzene rings is 2. The van der Waals surface area contributed by atoms with Crippen LogP contribution < -0.4 is 10.6 Å². The molecule has 3 atom stereocenters. The fourth-order valence-corrected chi connectivity index (χ4v) is 5.10. The van der Waals surface area contributed by atoms with Crippen molar-refractivity contribution in [3.63, 3.8) is 0 Å². The number of aliphatic carboxylic acids is 1. The zero-order valence-electron chi connectivity index (χ0n) is 20.3. The molecule has 1 fully saturated rings. The van der Waals surface area contributed by atoms with Crippen LogP contribution >= 0.6 is 11.8 Å². The summed E-state index contributed by atoms with van der Waals surface area (Å²) < 4.78 is 20.2. The van der Waals surface area contributed by atoms with Gasteiger partial charge in [0.05, 0.1) is 12.6 Å². The maximum Gasteiger partial charge on any atom is 0.340 e. The minimum atomic E-state index is -1.36. The van der Waals surface area contributed by atoms with Crippen LogP contribution in [0.5, 0.6) is 0 Å². The summed E-state index contributed by atoms with van der Waals surface area (Å²) in [5, 5.41) is 12.2. The first-order valence-corrected chi connectivity index (χ1v) is 12.1. The van der Waals surface area contributed by atoms with E-state index in [1.54, 1.807) is 39.0 Å². The number of anilines is 1. The molecule has 11 heteroatoms. The topological polar surface area (TPSA) is 125 Å². The fraction of sp³-hybridized carbons (Fsp3) is 0.360. The first-order chi connectivity index (χ1) is 16.9. The van der Waals surface area contributed by atoms with Crippen LogP contribution in [-0.2, 0) is 19.1 Å². The maximum atomic E-state index is 14.8. The van der Waals surface area contributed by atoms with Gasteiger partial charge in [-0.25, -0.2) is 14.0 Å². The van der Waals surface area contributed by atoms with E-state index in [0.717, 1.165) is 16.5 Å². The van der Waals surface area contributed by atoms with E-state index in [1.165, 1.54) is 18.2 Å². The number of carboxylic acid groups (broad SMARTS) is 1. The standard InChI is InChI=1S/C25H28FN3O6S/c1-14-8-7-9-15(12-14)28-24(34)27-13-18(30)29-19(16-10-5-6-11-17(16)26)20(22(31)32)36-21(29)23(33)35-25(2,3)4/h5-12,19-21H,13H2,1-4H3,(H,31,32)(H2,27,28,34)/t19-,20-,21-/m0/s1. The first kappa shape index (κ1) is 27.0. The predicted octanol–water partition coefficient (Wildman–Crippen LogP) is 3.69. The van der Waals surface area contributed by atoms with Gasteiger partial charge in [0.2, 0.25) is 5.91 Å². The van der Waals surface area contributed by atoms with Gasteiger partial charge in [-0.15, -0.1) is 11.8 Å². The summed E-state index contributed by atoms with van der Waals surface area (Å²) in [7, 11) is 0. The van der Waals surface area contributed by atoms with E-state index in [2.05, 4.69) is 10.6 Å². The number of aryl methyl sites for hydroxylation is 1. The average Bonchev–Trinajstić information content (AvgIpc) is 3.18. The Labute approximate surface area is 212 Å². The molecule has 9 nitrogen and oxygen atoms in total. The molecule has 1 saturated heterocycles. The van der Waals surface area contributed by atoms with E-state index < -0.39 is 58.5 Å². The third-order valence-electron chi connectivity index (χ3n) is 5.15. The Morgan fingerprint density at radius 2 is 1.81 bits per heavy atom. The Hall–Kier alpha value is -3.60. The first-order valence-electron chi connectivity index (χ1n) is 11.2. The van der Waals surface area contributed by atoms with Crippen LogP contribution in [0.3, 0.4) is 0 Å². The monoisotopic (exact) mass is 517 g/mol. The van der Waals surface area contributed by atoms with E-state index in [-0.39, 0.29) is 5.56 Å². The maximum absolute atomic E-state index is 14.8. The Balaban J connectivity index is 1.88. The van der Waals surface area contributed by atoms with E-state index in [0.29, 0.717) is 17.4 Å². The minimum Gasteiger partial charge on any atom is -0.480 e. The Morgan fingerprint density at radius 1 is 1.11 bits per heavy atom. The Morgan fingerprint density at radius 3 is 2.42 bits per heavy atom. The molecule has 0 unspecified atom stereocenters. The SMILES string of the molecule is Cc1cccc(NC(=O)NCC(=O)N2[C@H](C(=O)OC(C)(C)C)S[C@H](C(=O)O)[C@@H]2c2ccccc2F)c1. The molecule has 0 spiro atoms. The second kappa shape index (κ2) is 11.0. The molecule has 2 aromatic carbocycles. The molecule has 0 saturated carbocycles. The number of carboxylic acids is 1. The van der Waals surface area contributed by atoms with Gasteiger partial charge in [0.25, 0.3) is 0 Å². The van der Waals surface area contributed by atoms with Gasteiger partial charge in [0.1, 0.15) is 16.7 Å². The van der Waals surface area contributed by atoms with Gasteiger partial charge in [-0.2, -0.15) is 0 Å². The van der Waals surface area contributed by atoms with Crippen molar-refractivity contribution >= 4 is 41.3 Å². The van der Waals surface area contributed by atoms with Gasteiger partial charge < -0.3 is 25.4 Å². The number of urea groups is 1. The van der Waals surface area contributed by atoms with Crippen molar-refractivity contribution in [2.45, 2.75) is 50.0 Å². The van der Waals surface area contributed by atoms with Crippen LogP contribution in [0.4, 0.5) is 14.9 Å². The zero-order chi connectivity index (χ0) is 26.6. The number of nitrogens with zero attached hydrogens (tertiary/aromatic N) is 1. The summed E-state index contributed by atoms with van der Waals surface area (Å²) >= 11 is 0.690. The van der Waals surface area contributed by atoms with Crippen molar-refractivity contribution in [1.29, 1.82) is 0 Å². The smallest absolute Gasteiger partial charge is 0.340 e. The van der Waals surface area contributed by atoms with Crippen molar-refractivity contribution in [3.8, 4) is 0 Å². The number of rotatable bonds is 6. The lowest BCUT2D eigenvalue weighted by molar-refractivity contribution is -0.161. The molecule has 0 radical (unpaired) electrons.